The molecule has 29 heavy (non-hydrogen) atoms. The zero-order chi connectivity index (χ0) is 21.0. The van der Waals surface area contributed by atoms with Crippen LogP contribution >= 0.6 is 22.9 Å². The number of Topliss-reactive ketones (excluding diaryl/α,β-unsaturated/α-hetero) is 1. The molecular formula is C20H16ClNO5S2. The molecule has 3 rings (SSSR count). The maximum atomic E-state index is 12.9. The van der Waals surface area contributed by atoms with Crippen LogP contribution in [-0.2, 0) is 14.8 Å². The number of anilines is 1. The second-order valence-corrected chi connectivity index (χ2v) is 9.25. The summed E-state index contributed by atoms with van der Waals surface area (Å²) in [5.74, 6) is -1.23. The van der Waals surface area contributed by atoms with Crippen LogP contribution in [0.15, 0.2) is 70.9 Å². The summed E-state index contributed by atoms with van der Waals surface area (Å²) in [4.78, 5) is 24.7. The van der Waals surface area contributed by atoms with Gasteiger partial charge in [0.05, 0.1) is 26.0 Å². The minimum Gasteiger partial charge on any atom is -0.454 e. The SMILES string of the molecule is CN(c1ccccc1)S(=O)(=O)c1ccc(Cl)c(C(=O)OCC(=O)c2cccs2)c1. The van der Waals surface area contributed by atoms with Crippen molar-refractivity contribution in [2.24, 2.45) is 0 Å². The molecule has 0 saturated heterocycles. The van der Waals surface area contributed by atoms with Crippen LogP contribution in [0, 0.1) is 0 Å². The molecule has 2 aromatic carbocycles. The number of sulfonamides is 1. The average molecular weight is 450 g/mol. The number of thiophene rings is 1. The summed E-state index contributed by atoms with van der Waals surface area (Å²) in [7, 11) is -2.52. The standard InChI is InChI=1S/C20H16ClNO5S2/c1-22(14-6-3-2-4-7-14)29(25,26)15-9-10-17(21)16(12-15)20(24)27-13-18(23)19-8-5-11-28-19/h2-12H,13H2,1H3. The van der Waals surface area contributed by atoms with E-state index in [2.05, 4.69) is 0 Å². The fourth-order valence-corrected chi connectivity index (χ4v) is 4.54. The van der Waals surface area contributed by atoms with Crippen molar-refractivity contribution in [3.63, 3.8) is 0 Å². The summed E-state index contributed by atoms with van der Waals surface area (Å²) in [6.07, 6.45) is 0. The number of rotatable bonds is 7. The van der Waals surface area contributed by atoms with E-state index >= 15 is 0 Å². The number of hydrogen-bond donors (Lipinski definition) is 0. The molecule has 150 valence electrons. The highest BCUT2D eigenvalue weighted by atomic mass is 35.5. The number of carbonyl (C=O) groups is 2. The van der Waals surface area contributed by atoms with Crippen molar-refractivity contribution >= 4 is 50.4 Å². The number of benzene rings is 2. The van der Waals surface area contributed by atoms with E-state index in [1.54, 1.807) is 47.8 Å². The van der Waals surface area contributed by atoms with Crippen molar-refractivity contribution in [2.45, 2.75) is 4.90 Å². The summed E-state index contributed by atoms with van der Waals surface area (Å²) in [6, 6.07) is 15.6. The molecule has 0 radical (unpaired) electrons. The van der Waals surface area contributed by atoms with Crippen LogP contribution in [0.4, 0.5) is 5.69 Å². The maximum Gasteiger partial charge on any atom is 0.340 e. The van der Waals surface area contributed by atoms with Crippen LogP contribution in [0.1, 0.15) is 20.0 Å². The third-order valence-corrected chi connectivity index (χ3v) is 7.09. The highest BCUT2D eigenvalue weighted by Gasteiger charge is 2.24. The second-order valence-electron chi connectivity index (χ2n) is 5.93. The number of ether oxygens (including phenoxy) is 1. The van der Waals surface area contributed by atoms with Crippen molar-refractivity contribution in [3.8, 4) is 0 Å². The number of carbonyl (C=O) groups excluding carboxylic acids is 2. The first kappa shape index (κ1) is 21.0. The molecule has 0 aliphatic carbocycles. The van der Waals surface area contributed by atoms with E-state index < -0.39 is 22.6 Å². The molecule has 0 aliphatic rings. The first-order valence-corrected chi connectivity index (χ1v) is 11.1. The second kappa shape index (κ2) is 8.77. The predicted octanol–water partition coefficient (Wildman–Crippen LogP) is 4.27. The van der Waals surface area contributed by atoms with Crippen molar-refractivity contribution < 1.29 is 22.7 Å². The number of para-hydroxylation sites is 1. The van der Waals surface area contributed by atoms with Gasteiger partial charge in [0.2, 0.25) is 5.78 Å². The fraction of sp³-hybridized carbons (Fsp3) is 0.100. The molecule has 0 unspecified atom stereocenters. The van der Waals surface area contributed by atoms with Crippen molar-refractivity contribution in [1.82, 2.24) is 0 Å². The van der Waals surface area contributed by atoms with Crippen molar-refractivity contribution in [1.29, 1.82) is 0 Å². The smallest absolute Gasteiger partial charge is 0.340 e. The third-order valence-electron chi connectivity index (χ3n) is 4.07. The highest BCUT2D eigenvalue weighted by Crippen LogP contribution is 2.26. The first-order chi connectivity index (χ1) is 13.8. The lowest BCUT2D eigenvalue weighted by Gasteiger charge is -2.20. The van der Waals surface area contributed by atoms with E-state index in [9.17, 15) is 18.0 Å². The summed E-state index contributed by atoms with van der Waals surface area (Å²) >= 11 is 7.30. The summed E-state index contributed by atoms with van der Waals surface area (Å²) in [5, 5.41) is 1.77. The monoisotopic (exact) mass is 449 g/mol. The molecule has 0 bridgehead atoms. The topological polar surface area (TPSA) is 80.8 Å². The first-order valence-electron chi connectivity index (χ1n) is 8.38. The maximum absolute atomic E-state index is 12.9. The Bertz CT molecular complexity index is 1130. The Morgan fingerprint density at radius 2 is 1.79 bits per heavy atom. The van der Waals surface area contributed by atoms with E-state index in [1.165, 1.54) is 30.5 Å². The Labute approximate surface area is 177 Å². The molecule has 0 saturated carbocycles. The van der Waals surface area contributed by atoms with Crippen molar-refractivity contribution in [3.05, 3.63) is 81.5 Å². The van der Waals surface area contributed by atoms with Gasteiger partial charge >= 0.3 is 5.97 Å². The van der Waals surface area contributed by atoms with Gasteiger partial charge in [-0.2, -0.15) is 0 Å². The van der Waals surface area contributed by atoms with Gasteiger partial charge in [-0.15, -0.1) is 11.3 Å². The van der Waals surface area contributed by atoms with Gasteiger partial charge in [-0.3, -0.25) is 9.10 Å². The Balaban J connectivity index is 1.82. The molecule has 9 heteroatoms. The van der Waals surface area contributed by atoms with Crippen LogP contribution < -0.4 is 4.31 Å². The lowest BCUT2D eigenvalue weighted by Crippen LogP contribution is -2.26. The third kappa shape index (κ3) is 4.67. The largest absolute Gasteiger partial charge is 0.454 e. The van der Waals surface area contributed by atoms with Crippen LogP contribution in [0.2, 0.25) is 5.02 Å². The lowest BCUT2D eigenvalue weighted by molar-refractivity contribution is 0.0475. The van der Waals surface area contributed by atoms with Gasteiger partial charge in [0, 0.05) is 7.05 Å². The molecule has 3 aromatic rings. The van der Waals surface area contributed by atoms with Gasteiger partial charge in [0.15, 0.2) is 6.61 Å². The molecule has 0 fully saturated rings. The number of nitrogens with zero attached hydrogens (tertiary/aromatic N) is 1. The molecule has 0 N–H and O–H groups in total. The molecule has 1 heterocycles. The number of halogens is 1. The van der Waals surface area contributed by atoms with Gasteiger partial charge < -0.3 is 4.74 Å². The minimum atomic E-state index is -3.93. The van der Waals surface area contributed by atoms with Gasteiger partial charge in [-0.25, -0.2) is 13.2 Å². The summed E-state index contributed by atoms with van der Waals surface area (Å²) < 4.78 is 32.0. The van der Waals surface area contributed by atoms with Crippen LogP contribution in [0.25, 0.3) is 0 Å². The molecule has 1 aromatic heterocycles. The van der Waals surface area contributed by atoms with Gasteiger partial charge in [-0.1, -0.05) is 35.9 Å². The van der Waals surface area contributed by atoms with Crippen LogP contribution in [-0.4, -0.2) is 33.8 Å². The molecule has 0 atom stereocenters. The van der Waals surface area contributed by atoms with Gasteiger partial charge in [0.25, 0.3) is 10.0 Å². The van der Waals surface area contributed by atoms with E-state index in [0.29, 0.717) is 10.6 Å². The molecule has 0 amide bonds. The molecule has 0 aliphatic heterocycles. The quantitative estimate of drug-likeness (QED) is 0.397. The highest BCUT2D eigenvalue weighted by molar-refractivity contribution is 7.92. The number of hydrogen-bond acceptors (Lipinski definition) is 6. The van der Waals surface area contributed by atoms with Crippen LogP contribution in [0.5, 0.6) is 0 Å². The van der Waals surface area contributed by atoms with E-state index in [0.717, 1.165) is 10.4 Å². The number of esters is 1. The van der Waals surface area contributed by atoms with Gasteiger partial charge in [-0.05, 0) is 41.8 Å². The summed E-state index contributed by atoms with van der Waals surface area (Å²) in [6.45, 7) is -0.462. The Kier molecular flexibility index (Phi) is 6.36. The Morgan fingerprint density at radius 3 is 2.45 bits per heavy atom. The van der Waals surface area contributed by atoms with E-state index in [1.807, 2.05) is 0 Å². The molecule has 0 spiro atoms. The fourth-order valence-electron chi connectivity index (χ4n) is 2.47. The van der Waals surface area contributed by atoms with E-state index in [4.69, 9.17) is 16.3 Å². The minimum absolute atomic E-state index is 0.0277. The zero-order valence-corrected chi connectivity index (χ0v) is 17.6. The number of ketones is 1. The van der Waals surface area contributed by atoms with E-state index in [-0.39, 0.29) is 21.3 Å². The Morgan fingerprint density at radius 1 is 1.07 bits per heavy atom. The predicted molar refractivity (Wildman–Crippen MR) is 112 cm³/mol. The average Bonchev–Trinajstić information content (AvgIpc) is 3.27. The normalized spacial score (nSPS) is 11.1. The lowest BCUT2D eigenvalue weighted by atomic mass is 10.2. The van der Waals surface area contributed by atoms with Crippen LogP contribution in [0.3, 0.4) is 0 Å². The molecular weight excluding hydrogens is 434 g/mol. The van der Waals surface area contributed by atoms with Gasteiger partial charge in [0.1, 0.15) is 0 Å². The molecule has 6 nitrogen and oxygen atoms in total. The van der Waals surface area contributed by atoms with Crippen molar-refractivity contribution in [2.75, 3.05) is 18.0 Å². The Hall–Kier alpha value is -2.68. The zero-order valence-electron chi connectivity index (χ0n) is 15.2. The summed E-state index contributed by atoms with van der Waals surface area (Å²) in [5.41, 5.74) is 0.335.